The van der Waals surface area contributed by atoms with Crippen molar-refractivity contribution >= 4 is 17.5 Å². The number of carbonyl (C=O) groups excluding carboxylic acids is 3. The molecule has 5 rings (SSSR count). The van der Waals surface area contributed by atoms with Gasteiger partial charge in [0.25, 0.3) is 5.91 Å². The number of carbonyl (C=O) groups is 3. The third-order valence-electron chi connectivity index (χ3n) is 8.42. The maximum atomic E-state index is 13.5. The Balaban J connectivity index is 1.88. The van der Waals surface area contributed by atoms with Gasteiger partial charge in [-0.25, -0.2) is 0 Å². The number of Topliss-reactive ketones (excluding diaryl/α,β-unsaturated/α-hetero) is 2. The van der Waals surface area contributed by atoms with E-state index in [9.17, 15) is 34.8 Å². The molecule has 4 aliphatic carbocycles. The van der Waals surface area contributed by atoms with Crippen LogP contribution in [0.5, 0.6) is 5.75 Å². The van der Waals surface area contributed by atoms with Crippen LogP contribution in [0.1, 0.15) is 35.2 Å². The Bertz CT molecular complexity index is 1250. The number of likely N-dealkylation sites (N-methyl/N-ethyl adjacent to an activating group) is 1. The van der Waals surface area contributed by atoms with E-state index < -0.39 is 69.0 Å². The standard InChI is InChI=1S/C23H25N3O7/c1-8-9-5-4-6-10(27)12(9)15(28)13-11(8)17(29)21-7-22(21,26(2)3)18(30)14(20(25)32)19(31)23(21,33)16(13)24/h4-6,8,11,17,27,29-30,33H,7,24H2,1-3H3,(H2,25,32)/t8-,11+,17-,21-,22?,23-/m0/s1. The Morgan fingerprint density at radius 2 is 1.85 bits per heavy atom. The molecule has 1 amide bonds. The predicted molar refractivity (Wildman–Crippen MR) is 114 cm³/mol. The van der Waals surface area contributed by atoms with Gasteiger partial charge < -0.3 is 31.9 Å². The number of amides is 1. The molecular formula is C23H25N3O7. The number of fused-ring (bicyclic) bond motifs is 2. The Hall–Kier alpha value is -3.21. The van der Waals surface area contributed by atoms with Crippen LogP contribution in [-0.2, 0) is 9.59 Å². The van der Waals surface area contributed by atoms with E-state index in [2.05, 4.69) is 0 Å². The molecule has 10 nitrogen and oxygen atoms in total. The number of nitrogens with two attached hydrogens (primary N) is 2. The zero-order chi connectivity index (χ0) is 24.4. The number of aliphatic hydroxyl groups excluding tert-OH is 2. The Morgan fingerprint density at radius 1 is 1.21 bits per heavy atom. The molecule has 1 saturated carbocycles. The zero-order valence-corrected chi connectivity index (χ0v) is 18.3. The van der Waals surface area contributed by atoms with Crippen LogP contribution in [0.4, 0.5) is 0 Å². The smallest absolute Gasteiger partial charge is 0.255 e. The van der Waals surface area contributed by atoms with Crippen molar-refractivity contribution in [2.45, 2.75) is 36.5 Å². The first-order valence-corrected chi connectivity index (χ1v) is 10.5. The van der Waals surface area contributed by atoms with E-state index >= 15 is 0 Å². The zero-order valence-electron chi connectivity index (χ0n) is 18.3. The predicted octanol–water partition coefficient (Wildman–Crippen LogP) is -0.803. The number of benzene rings is 1. The highest BCUT2D eigenvalue weighted by molar-refractivity contribution is 6.26. The maximum absolute atomic E-state index is 13.5. The number of primary amides is 1. The van der Waals surface area contributed by atoms with Crippen LogP contribution in [0.25, 0.3) is 0 Å². The van der Waals surface area contributed by atoms with Crippen LogP contribution < -0.4 is 11.5 Å². The minimum atomic E-state index is -2.67. The number of hydrogen-bond acceptors (Lipinski definition) is 9. The van der Waals surface area contributed by atoms with E-state index in [1.807, 2.05) is 0 Å². The first-order valence-electron chi connectivity index (χ1n) is 10.5. The summed E-state index contributed by atoms with van der Waals surface area (Å²) in [6.07, 6.45) is -1.60. The summed E-state index contributed by atoms with van der Waals surface area (Å²) >= 11 is 0. The fourth-order valence-corrected chi connectivity index (χ4v) is 6.85. The van der Waals surface area contributed by atoms with E-state index in [1.54, 1.807) is 33.2 Å². The van der Waals surface area contributed by atoms with Crippen LogP contribution in [0.15, 0.2) is 40.8 Å². The minimum absolute atomic E-state index is 0.0163. The lowest BCUT2D eigenvalue weighted by atomic mass is 9.54. The average molecular weight is 455 g/mol. The normalized spacial score (nSPS) is 39.2. The number of phenolic OH excluding ortho intramolecular Hbond substituents is 1. The number of rotatable bonds is 2. The molecule has 0 aromatic heterocycles. The number of phenols is 1. The number of aliphatic hydroxyl groups is 3. The Labute approximate surface area is 188 Å². The highest BCUT2D eigenvalue weighted by atomic mass is 16.3. The van der Waals surface area contributed by atoms with Crippen molar-refractivity contribution in [3.63, 3.8) is 0 Å². The largest absolute Gasteiger partial charge is 0.509 e. The van der Waals surface area contributed by atoms with Crippen LogP contribution in [-0.4, -0.2) is 74.1 Å². The summed E-state index contributed by atoms with van der Waals surface area (Å²) in [4.78, 5) is 40.7. The molecule has 10 heteroatoms. The van der Waals surface area contributed by atoms with E-state index in [4.69, 9.17) is 11.5 Å². The van der Waals surface area contributed by atoms with Gasteiger partial charge >= 0.3 is 0 Å². The molecule has 1 spiro atoms. The van der Waals surface area contributed by atoms with Crippen molar-refractivity contribution in [2.75, 3.05) is 14.1 Å². The SMILES string of the molecule is C[C@H]1c2cccc(O)c2C(=O)C2=C(N)[C@]3(O)C(=O)C(C(N)=O)=C(O)C4(N(C)C)C[C@]43[C@@H](O)[C@@H]21. The van der Waals surface area contributed by atoms with Crippen LogP contribution in [0.3, 0.4) is 0 Å². The molecule has 1 aromatic rings. The average Bonchev–Trinajstić information content (AvgIpc) is 3.46. The molecule has 0 bridgehead atoms. The summed E-state index contributed by atoms with van der Waals surface area (Å²) in [6, 6.07) is 4.58. The molecular weight excluding hydrogens is 430 g/mol. The van der Waals surface area contributed by atoms with Crippen molar-refractivity contribution in [3.8, 4) is 5.75 Å². The summed E-state index contributed by atoms with van der Waals surface area (Å²) in [6.45, 7) is 1.75. The Morgan fingerprint density at radius 3 is 2.42 bits per heavy atom. The van der Waals surface area contributed by atoms with Crippen LogP contribution >= 0.6 is 0 Å². The van der Waals surface area contributed by atoms with Gasteiger partial charge in [-0.1, -0.05) is 19.1 Å². The lowest BCUT2D eigenvalue weighted by molar-refractivity contribution is -0.159. The van der Waals surface area contributed by atoms with Crippen LogP contribution in [0.2, 0.25) is 0 Å². The second kappa shape index (κ2) is 6.02. The number of hydrogen-bond donors (Lipinski definition) is 6. The topological polar surface area (TPSA) is 187 Å². The lowest BCUT2D eigenvalue weighted by Crippen LogP contribution is -2.70. The fourth-order valence-electron chi connectivity index (χ4n) is 6.85. The molecule has 1 unspecified atom stereocenters. The summed E-state index contributed by atoms with van der Waals surface area (Å²) in [5.74, 6) is -5.59. The summed E-state index contributed by atoms with van der Waals surface area (Å²) < 4.78 is 0. The Kier molecular flexibility index (Phi) is 3.94. The van der Waals surface area contributed by atoms with Gasteiger partial charge in [-0.05, 0) is 38.1 Å². The molecule has 0 aliphatic heterocycles. The van der Waals surface area contributed by atoms with Gasteiger partial charge in [-0.3, -0.25) is 19.3 Å². The third kappa shape index (κ3) is 1.96. The van der Waals surface area contributed by atoms with Gasteiger partial charge in [0.2, 0.25) is 5.78 Å². The van der Waals surface area contributed by atoms with Gasteiger partial charge in [0.15, 0.2) is 11.4 Å². The quantitative estimate of drug-likeness (QED) is 0.310. The maximum Gasteiger partial charge on any atom is 0.255 e. The molecule has 0 radical (unpaired) electrons. The highest BCUT2D eigenvalue weighted by Crippen LogP contribution is 2.77. The molecule has 0 saturated heterocycles. The first kappa shape index (κ1) is 21.6. The molecule has 6 atom stereocenters. The molecule has 8 N–H and O–H groups in total. The van der Waals surface area contributed by atoms with Crippen molar-refractivity contribution in [1.82, 2.24) is 4.90 Å². The van der Waals surface area contributed by atoms with Crippen molar-refractivity contribution < 1.29 is 34.8 Å². The molecule has 33 heavy (non-hydrogen) atoms. The highest BCUT2D eigenvalue weighted by Gasteiger charge is 2.89. The van der Waals surface area contributed by atoms with Crippen LogP contribution in [0, 0.1) is 11.3 Å². The third-order valence-corrected chi connectivity index (χ3v) is 8.42. The molecule has 1 aromatic carbocycles. The van der Waals surface area contributed by atoms with Gasteiger partial charge in [-0.2, -0.15) is 0 Å². The summed E-state index contributed by atoms with van der Waals surface area (Å²) in [7, 11) is 3.15. The van der Waals surface area contributed by atoms with E-state index in [0.29, 0.717) is 5.56 Å². The fraction of sp³-hybridized carbons (Fsp3) is 0.435. The van der Waals surface area contributed by atoms with Gasteiger partial charge in [-0.15, -0.1) is 0 Å². The van der Waals surface area contributed by atoms with E-state index in [-0.39, 0.29) is 23.3 Å². The van der Waals surface area contributed by atoms with Crippen molar-refractivity contribution in [3.05, 3.63) is 51.9 Å². The summed E-state index contributed by atoms with van der Waals surface area (Å²) in [5.41, 5.74) is 4.87. The monoisotopic (exact) mass is 455 g/mol. The minimum Gasteiger partial charge on any atom is -0.509 e. The number of nitrogens with zero attached hydrogens (tertiary/aromatic N) is 1. The second-order valence-corrected chi connectivity index (χ2v) is 9.69. The van der Waals surface area contributed by atoms with E-state index in [0.717, 1.165) is 0 Å². The van der Waals surface area contributed by atoms with Crippen molar-refractivity contribution in [2.24, 2.45) is 22.8 Å². The summed E-state index contributed by atoms with van der Waals surface area (Å²) in [5, 5.41) is 45.1. The molecule has 4 aliphatic rings. The van der Waals surface area contributed by atoms with Gasteiger partial charge in [0.05, 0.1) is 28.3 Å². The van der Waals surface area contributed by atoms with Crippen molar-refractivity contribution in [1.29, 1.82) is 0 Å². The number of aromatic hydroxyl groups is 1. The molecule has 0 heterocycles. The first-order chi connectivity index (χ1) is 15.3. The number of ketones is 2. The lowest BCUT2D eigenvalue weighted by Gasteiger charge is -2.54. The van der Waals surface area contributed by atoms with Gasteiger partial charge in [0.1, 0.15) is 17.1 Å². The second-order valence-electron chi connectivity index (χ2n) is 9.69. The molecule has 174 valence electrons. The molecule has 1 fully saturated rings. The van der Waals surface area contributed by atoms with Gasteiger partial charge in [0, 0.05) is 11.5 Å². The van der Waals surface area contributed by atoms with E-state index in [1.165, 1.54) is 11.0 Å².